The van der Waals surface area contributed by atoms with E-state index in [-0.39, 0.29) is 0 Å². The van der Waals surface area contributed by atoms with E-state index in [2.05, 4.69) is 58.9 Å². The molecule has 0 radical (unpaired) electrons. The Bertz CT molecular complexity index is 731. The van der Waals surface area contributed by atoms with Gasteiger partial charge in [-0.05, 0) is 85.0 Å². The summed E-state index contributed by atoms with van der Waals surface area (Å²) >= 11 is 0. The molecule has 1 atom stereocenters. The summed E-state index contributed by atoms with van der Waals surface area (Å²) in [4.78, 5) is 0. The minimum atomic E-state index is 0.456. The lowest BCUT2D eigenvalue weighted by Gasteiger charge is -2.20. The third-order valence-electron chi connectivity index (χ3n) is 5.15. The van der Waals surface area contributed by atoms with Gasteiger partial charge in [-0.25, -0.2) is 0 Å². The van der Waals surface area contributed by atoms with Crippen LogP contribution in [0.25, 0.3) is 0 Å². The molecule has 25 heavy (non-hydrogen) atoms. The number of rotatable bonds is 7. The van der Waals surface area contributed by atoms with Gasteiger partial charge in [-0.3, -0.25) is 0 Å². The second-order valence-electron chi connectivity index (χ2n) is 7.12. The zero-order chi connectivity index (χ0) is 18.6. The third-order valence-corrected chi connectivity index (χ3v) is 5.15. The molecular weight excluding hydrogens is 308 g/mol. The van der Waals surface area contributed by atoms with Gasteiger partial charge in [0.25, 0.3) is 0 Å². The molecule has 0 aliphatic rings. The maximum Gasteiger partial charge on any atom is 0.122 e. The predicted molar refractivity (Wildman–Crippen MR) is 106 cm³/mol. The van der Waals surface area contributed by atoms with Gasteiger partial charge >= 0.3 is 0 Å². The molecule has 0 bridgehead atoms. The summed E-state index contributed by atoms with van der Waals surface area (Å²) in [6.07, 6.45) is 3.25. The van der Waals surface area contributed by atoms with E-state index >= 15 is 0 Å². The second kappa shape index (κ2) is 8.42. The second-order valence-corrected chi connectivity index (χ2v) is 7.12. The minimum Gasteiger partial charge on any atom is -0.496 e. The van der Waals surface area contributed by atoms with Crippen molar-refractivity contribution in [3.8, 4) is 11.5 Å². The van der Waals surface area contributed by atoms with E-state index in [1.807, 2.05) is 0 Å². The van der Waals surface area contributed by atoms with Crippen LogP contribution in [0, 0.1) is 20.8 Å². The number of aryl methyl sites for hydroxylation is 3. The summed E-state index contributed by atoms with van der Waals surface area (Å²) < 4.78 is 11.1. The molecule has 0 aromatic heterocycles. The van der Waals surface area contributed by atoms with Crippen LogP contribution in [0.2, 0.25) is 0 Å². The van der Waals surface area contributed by atoms with Crippen LogP contribution in [0.3, 0.4) is 0 Å². The zero-order valence-corrected chi connectivity index (χ0v) is 16.8. The molecule has 0 saturated heterocycles. The van der Waals surface area contributed by atoms with Gasteiger partial charge in [-0.1, -0.05) is 32.4 Å². The fourth-order valence-electron chi connectivity index (χ4n) is 3.61. The first kappa shape index (κ1) is 19.4. The average Bonchev–Trinajstić information content (AvgIpc) is 2.59. The molecule has 0 amide bonds. The molecule has 0 unspecified atom stereocenters. The molecular formula is C23H32O2. The van der Waals surface area contributed by atoms with Gasteiger partial charge in [-0.15, -0.1) is 0 Å². The first-order valence-electron chi connectivity index (χ1n) is 9.22. The fourth-order valence-corrected chi connectivity index (χ4v) is 3.61. The summed E-state index contributed by atoms with van der Waals surface area (Å²) in [5, 5.41) is 0. The van der Waals surface area contributed by atoms with Crippen molar-refractivity contribution in [1.29, 1.82) is 0 Å². The molecule has 0 aliphatic heterocycles. The minimum absolute atomic E-state index is 0.456. The Hall–Kier alpha value is -1.96. The van der Waals surface area contributed by atoms with Crippen molar-refractivity contribution in [2.45, 2.75) is 59.8 Å². The standard InChI is InChI=1S/C23H32O2/c1-8-9-20-14-22(24-6)17(4)12-21(20)16(3)11-19-10-15(2)18(5)23(13-19)25-7/h10,12-14,16H,8-9,11H2,1-7H3/t16-/m1/s1. The van der Waals surface area contributed by atoms with Gasteiger partial charge in [0.15, 0.2) is 0 Å². The van der Waals surface area contributed by atoms with Crippen molar-refractivity contribution in [1.82, 2.24) is 0 Å². The van der Waals surface area contributed by atoms with Gasteiger partial charge in [0.1, 0.15) is 11.5 Å². The van der Waals surface area contributed by atoms with Crippen molar-refractivity contribution in [3.05, 3.63) is 57.6 Å². The van der Waals surface area contributed by atoms with Crippen molar-refractivity contribution in [2.24, 2.45) is 0 Å². The lowest BCUT2D eigenvalue weighted by molar-refractivity contribution is 0.410. The first-order valence-corrected chi connectivity index (χ1v) is 9.22. The Kier molecular flexibility index (Phi) is 6.52. The molecule has 0 N–H and O–H groups in total. The van der Waals surface area contributed by atoms with Crippen molar-refractivity contribution in [2.75, 3.05) is 14.2 Å². The van der Waals surface area contributed by atoms with Crippen molar-refractivity contribution in [3.63, 3.8) is 0 Å². The quantitative estimate of drug-likeness (QED) is 0.622. The largest absolute Gasteiger partial charge is 0.496 e. The molecule has 2 rings (SSSR count). The number of benzene rings is 2. The normalized spacial score (nSPS) is 12.1. The van der Waals surface area contributed by atoms with E-state index in [4.69, 9.17) is 9.47 Å². The van der Waals surface area contributed by atoms with Crippen LogP contribution >= 0.6 is 0 Å². The van der Waals surface area contributed by atoms with Gasteiger partial charge in [0, 0.05) is 0 Å². The molecule has 2 nitrogen and oxygen atoms in total. The third kappa shape index (κ3) is 4.36. The Morgan fingerprint density at radius 2 is 1.56 bits per heavy atom. The fraction of sp³-hybridized carbons (Fsp3) is 0.478. The van der Waals surface area contributed by atoms with E-state index in [9.17, 15) is 0 Å². The van der Waals surface area contributed by atoms with Crippen molar-refractivity contribution < 1.29 is 9.47 Å². The lowest BCUT2D eigenvalue weighted by Crippen LogP contribution is -2.05. The van der Waals surface area contributed by atoms with Gasteiger partial charge in [0.05, 0.1) is 14.2 Å². The topological polar surface area (TPSA) is 18.5 Å². The number of hydrogen-bond donors (Lipinski definition) is 0. The number of methoxy groups -OCH3 is 2. The maximum absolute atomic E-state index is 5.55. The molecule has 2 heteroatoms. The highest BCUT2D eigenvalue weighted by Crippen LogP contribution is 2.32. The smallest absolute Gasteiger partial charge is 0.122 e. The predicted octanol–water partition coefficient (Wildman–Crippen LogP) is 5.93. The van der Waals surface area contributed by atoms with Crippen LogP contribution in [0.1, 0.15) is 59.6 Å². The summed E-state index contributed by atoms with van der Waals surface area (Å²) in [7, 11) is 3.50. The summed E-state index contributed by atoms with van der Waals surface area (Å²) in [6, 6.07) is 9.03. The van der Waals surface area contributed by atoms with Gasteiger partial charge < -0.3 is 9.47 Å². The Morgan fingerprint density at radius 3 is 2.16 bits per heavy atom. The van der Waals surface area contributed by atoms with Crippen LogP contribution in [0.4, 0.5) is 0 Å². The highest BCUT2D eigenvalue weighted by Gasteiger charge is 2.15. The number of hydrogen-bond acceptors (Lipinski definition) is 2. The molecule has 0 heterocycles. The van der Waals surface area contributed by atoms with Crippen LogP contribution in [0.15, 0.2) is 24.3 Å². The highest BCUT2D eigenvalue weighted by molar-refractivity contribution is 5.46. The highest BCUT2D eigenvalue weighted by atomic mass is 16.5. The summed E-state index contributed by atoms with van der Waals surface area (Å²) in [5.41, 5.74) is 7.92. The van der Waals surface area contributed by atoms with E-state index in [1.54, 1.807) is 14.2 Å². The van der Waals surface area contributed by atoms with E-state index in [0.29, 0.717) is 5.92 Å². The molecule has 136 valence electrons. The Balaban J connectivity index is 2.36. The Morgan fingerprint density at radius 1 is 0.880 bits per heavy atom. The first-order chi connectivity index (χ1) is 11.9. The van der Waals surface area contributed by atoms with Gasteiger partial charge in [-0.2, -0.15) is 0 Å². The van der Waals surface area contributed by atoms with Crippen LogP contribution in [-0.2, 0) is 12.8 Å². The van der Waals surface area contributed by atoms with Gasteiger partial charge in [0.2, 0.25) is 0 Å². The van der Waals surface area contributed by atoms with E-state index < -0.39 is 0 Å². The van der Waals surface area contributed by atoms with Crippen LogP contribution in [-0.4, -0.2) is 14.2 Å². The summed E-state index contributed by atoms with van der Waals surface area (Å²) in [6.45, 7) is 11.0. The monoisotopic (exact) mass is 340 g/mol. The zero-order valence-electron chi connectivity index (χ0n) is 16.8. The molecule has 2 aromatic carbocycles. The lowest BCUT2D eigenvalue weighted by atomic mass is 9.87. The molecule has 0 aliphatic carbocycles. The van der Waals surface area contributed by atoms with Crippen molar-refractivity contribution >= 4 is 0 Å². The average molecular weight is 341 g/mol. The SMILES string of the molecule is CCCc1cc(OC)c(C)cc1[C@H](C)Cc1cc(C)c(C)c(OC)c1. The maximum atomic E-state index is 5.55. The molecule has 0 saturated carbocycles. The van der Waals surface area contributed by atoms with E-state index in [1.165, 1.54) is 33.4 Å². The van der Waals surface area contributed by atoms with Crippen LogP contribution < -0.4 is 9.47 Å². The van der Waals surface area contributed by atoms with E-state index in [0.717, 1.165) is 30.8 Å². The molecule has 0 fully saturated rings. The number of ether oxygens (including phenoxy) is 2. The molecule has 2 aromatic rings. The van der Waals surface area contributed by atoms with Crippen LogP contribution in [0.5, 0.6) is 11.5 Å². The summed E-state index contributed by atoms with van der Waals surface area (Å²) in [5.74, 6) is 2.44. The molecule has 0 spiro atoms. The Labute approximate surface area is 153 Å².